The molecule has 0 aromatic rings. The molecule has 0 aliphatic carbocycles. The van der Waals surface area contributed by atoms with E-state index in [4.69, 9.17) is 0 Å². The topological polar surface area (TPSA) is 32.6 Å². The lowest BCUT2D eigenvalue weighted by Crippen LogP contribution is -2.47. The highest BCUT2D eigenvalue weighted by Gasteiger charge is 2.38. The van der Waals surface area contributed by atoms with Crippen molar-refractivity contribution in [1.82, 2.24) is 0 Å². The van der Waals surface area contributed by atoms with Crippen LogP contribution < -0.4 is 0 Å². The Morgan fingerprint density at radius 3 is 1.77 bits per heavy atom. The van der Waals surface area contributed by atoms with Gasteiger partial charge < -0.3 is 5.11 Å². The molecule has 2 heteroatoms. The van der Waals surface area contributed by atoms with Crippen LogP contribution in [0.1, 0.15) is 27.7 Å². The summed E-state index contributed by atoms with van der Waals surface area (Å²) in [4.78, 5) is 4.07. The summed E-state index contributed by atoms with van der Waals surface area (Å²) in [5.74, 6) is 0.286. The van der Waals surface area contributed by atoms with Crippen LogP contribution in [-0.4, -0.2) is 23.5 Å². The minimum Gasteiger partial charge on any atom is -0.383 e. The van der Waals surface area contributed by atoms with Gasteiger partial charge in [-0.3, -0.25) is 4.99 Å². The monoisotopic (exact) mass is 183 g/mol. The third-order valence-electron chi connectivity index (χ3n) is 2.60. The average molecular weight is 183 g/mol. The summed E-state index contributed by atoms with van der Waals surface area (Å²) in [6, 6.07) is 0. The first-order valence-electron chi connectivity index (χ1n) is 4.73. The van der Waals surface area contributed by atoms with Crippen LogP contribution in [0.3, 0.4) is 0 Å². The number of rotatable bonds is 4. The van der Waals surface area contributed by atoms with Gasteiger partial charge in [0.1, 0.15) is 5.60 Å². The Balaban J connectivity index is 5.11. The van der Waals surface area contributed by atoms with Gasteiger partial charge in [0.25, 0.3) is 0 Å². The van der Waals surface area contributed by atoms with E-state index in [9.17, 15) is 5.11 Å². The third-order valence-corrected chi connectivity index (χ3v) is 2.60. The van der Waals surface area contributed by atoms with E-state index >= 15 is 0 Å². The van der Waals surface area contributed by atoms with Gasteiger partial charge in [-0.2, -0.15) is 0 Å². The van der Waals surface area contributed by atoms with Crippen LogP contribution in [0.5, 0.6) is 0 Å². The van der Waals surface area contributed by atoms with Crippen LogP contribution in [0.15, 0.2) is 17.6 Å². The van der Waals surface area contributed by atoms with Crippen molar-refractivity contribution in [3.05, 3.63) is 12.7 Å². The summed E-state index contributed by atoms with van der Waals surface area (Å²) in [5.41, 5.74) is -0.172. The highest BCUT2D eigenvalue weighted by Crippen LogP contribution is 2.28. The SMILES string of the molecule is C=CC(=NC)C(O)(C(C)C)C(C)C. The highest BCUT2D eigenvalue weighted by atomic mass is 16.3. The Labute approximate surface area is 81.4 Å². The molecule has 0 atom stereocenters. The molecule has 2 nitrogen and oxygen atoms in total. The molecule has 0 aliphatic heterocycles. The first-order valence-corrected chi connectivity index (χ1v) is 4.73. The molecule has 0 fully saturated rings. The first-order chi connectivity index (χ1) is 5.91. The molecule has 0 unspecified atom stereocenters. The van der Waals surface area contributed by atoms with Crippen molar-refractivity contribution < 1.29 is 5.11 Å². The molecular formula is C11H21NO. The summed E-state index contributed by atoms with van der Waals surface area (Å²) in [5, 5.41) is 10.4. The zero-order valence-corrected chi connectivity index (χ0v) is 9.33. The Bertz CT molecular complexity index is 196. The number of hydrogen-bond acceptors (Lipinski definition) is 2. The van der Waals surface area contributed by atoms with Crippen LogP contribution in [0, 0.1) is 11.8 Å². The molecule has 0 amide bonds. The fraction of sp³-hybridized carbons (Fsp3) is 0.727. The Morgan fingerprint density at radius 2 is 1.69 bits per heavy atom. The third kappa shape index (κ3) is 2.19. The zero-order chi connectivity index (χ0) is 10.6. The summed E-state index contributed by atoms with van der Waals surface area (Å²) in [6.45, 7) is 11.7. The lowest BCUT2D eigenvalue weighted by Gasteiger charge is -2.36. The van der Waals surface area contributed by atoms with Gasteiger partial charge in [-0.1, -0.05) is 34.3 Å². The number of aliphatic hydroxyl groups is 1. The van der Waals surface area contributed by atoms with Crippen molar-refractivity contribution >= 4 is 5.71 Å². The molecule has 1 N–H and O–H groups in total. The summed E-state index contributed by atoms with van der Waals surface area (Å²) in [6.07, 6.45) is 1.64. The van der Waals surface area contributed by atoms with E-state index in [1.165, 1.54) is 0 Å². The molecule has 0 heterocycles. The average Bonchev–Trinajstić information content (AvgIpc) is 2.05. The van der Waals surface area contributed by atoms with Crippen LogP contribution in [0.4, 0.5) is 0 Å². The molecule has 0 aliphatic rings. The molecule has 0 rings (SSSR count). The second-order valence-corrected chi connectivity index (χ2v) is 3.95. The molecule has 0 aromatic heterocycles. The van der Waals surface area contributed by atoms with Crippen molar-refractivity contribution in [2.24, 2.45) is 16.8 Å². The predicted molar refractivity (Wildman–Crippen MR) is 58.2 cm³/mol. The molecule has 0 spiro atoms. The van der Waals surface area contributed by atoms with Gasteiger partial charge in [0.15, 0.2) is 0 Å². The van der Waals surface area contributed by atoms with Gasteiger partial charge in [-0.25, -0.2) is 0 Å². The molecule has 13 heavy (non-hydrogen) atoms. The summed E-state index contributed by atoms with van der Waals surface area (Å²) >= 11 is 0. The van der Waals surface area contributed by atoms with E-state index in [0.717, 1.165) is 0 Å². The van der Waals surface area contributed by atoms with Crippen molar-refractivity contribution in [3.8, 4) is 0 Å². The smallest absolute Gasteiger partial charge is 0.111 e. The van der Waals surface area contributed by atoms with Gasteiger partial charge >= 0.3 is 0 Å². The van der Waals surface area contributed by atoms with E-state index in [1.807, 2.05) is 27.7 Å². The van der Waals surface area contributed by atoms with Gasteiger partial charge in [0.05, 0.1) is 5.71 Å². The fourth-order valence-electron chi connectivity index (χ4n) is 1.69. The second-order valence-electron chi connectivity index (χ2n) is 3.95. The standard InChI is InChI=1S/C11H21NO/c1-7-10(12-6)11(13,8(2)3)9(4)5/h7-9,13H,1H2,2-6H3. The van der Waals surface area contributed by atoms with Gasteiger partial charge in [0, 0.05) is 7.05 Å². The highest BCUT2D eigenvalue weighted by molar-refractivity contribution is 6.01. The minimum atomic E-state index is -0.851. The maximum atomic E-state index is 10.4. The summed E-state index contributed by atoms with van der Waals surface area (Å²) < 4.78 is 0. The second kappa shape index (κ2) is 4.56. The maximum absolute atomic E-state index is 10.4. The Morgan fingerprint density at radius 1 is 1.31 bits per heavy atom. The number of nitrogens with zero attached hydrogens (tertiary/aromatic N) is 1. The van der Waals surface area contributed by atoms with E-state index in [2.05, 4.69) is 11.6 Å². The van der Waals surface area contributed by atoms with Gasteiger partial charge in [-0.05, 0) is 17.9 Å². The minimum absolute atomic E-state index is 0.143. The Hall–Kier alpha value is -0.630. The van der Waals surface area contributed by atoms with E-state index in [0.29, 0.717) is 5.71 Å². The van der Waals surface area contributed by atoms with Crippen LogP contribution >= 0.6 is 0 Å². The quantitative estimate of drug-likeness (QED) is 0.666. The van der Waals surface area contributed by atoms with Crippen molar-refractivity contribution in [2.75, 3.05) is 7.05 Å². The molecule has 76 valence electrons. The first kappa shape index (κ1) is 12.4. The molecule has 0 bridgehead atoms. The normalized spacial score (nSPS) is 14.0. The fourth-order valence-corrected chi connectivity index (χ4v) is 1.69. The Kier molecular flexibility index (Phi) is 4.34. The lowest BCUT2D eigenvalue weighted by molar-refractivity contribution is 0.0203. The van der Waals surface area contributed by atoms with Crippen molar-refractivity contribution in [3.63, 3.8) is 0 Å². The lowest BCUT2D eigenvalue weighted by atomic mass is 9.76. The van der Waals surface area contributed by atoms with E-state index in [-0.39, 0.29) is 11.8 Å². The molecule has 0 saturated heterocycles. The number of aliphatic imine (C=N–C) groups is 1. The zero-order valence-electron chi connectivity index (χ0n) is 9.33. The van der Waals surface area contributed by atoms with E-state index < -0.39 is 5.60 Å². The van der Waals surface area contributed by atoms with Gasteiger partial charge in [0.2, 0.25) is 0 Å². The molecular weight excluding hydrogens is 162 g/mol. The van der Waals surface area contributed by atoms with E-state index in [1.54, 1.807) is 13.1 Å². The van der Waals surface area contributed by atoms with Crippen LogP contribution in [-0.2, 0) is 0 Å². The molecule has 0 aromatic carbocycles. The maximum Gasteiger partial charge on any atom is 0.111 e. The largest absolute Gasteiger partial charge is 0.383 e. The summed E-state index contributed by atoms with van der Waals surface area (Å²) in [7, 11) is 1.69. The van der Waals surface area contributed by atoms with Crippen LogP contribution in [0.25, 0.3) is 0 Å². The predicted octanol–water partition coefficient (Wildman–Crippen LogP) is 2.29. The number of hydrogen-bond donors (Lipinski definition) is 1. The van der Waals surface area contributed by atoms with Crippen LogP contribution in [0.2, 0.25) is 0 Å². The molecule has 0 saturated carbocycles. The van der Waals surface area contributed by atoms with Crippen molar-refractivity contribution in [1.29, 1.82) is 0 Å². The van der Waals surface area contributed by atoms with Crippen molar-refractivity contribution in [2.45, 2.75) is 33.3 Å². The molecule has 0 radical (unpaired) electrons. The van der Waals surface area contributed by atoms with Gasteiger partial charge in [-0.15, -0.1) is 0 Å².